The number of nitrogens with zero attached hydrogens (tertiary/aromatic N) is 2. The van der Waals surface area contributed by atoms with Gasteiger partial charge in [-0.2, -0.15) is 0 Å². The highest BCUT2D eigenvalue weighted by atomic mass is 79.9. The summed E-state index contributed by atoms with van der Waals surface area (Å²) in [5.74, 6) is -2.91. The standard InChI is InChI=1S/C29H37BrN2O6/c1-6-9-14-37-28(36)21-22-26(34)32(19(8-3)16-33)25(29(22)15-20(30)24(21)38-29)27(35)31(13-7-2)23-17(4)11-10-12-18(23)5/h6-7,10-12,19-22,24-25,33H,1-2,8-9,13-16H2,3-5H3/t19-,20?,21-,22-,24-,25?,29?/m0/s1. The topological polar surface area (TPSA) is 96.4 Å². The van der Waals surface area contributed by atoms with E-state index in [-0.39, 0.29) is 36.4 Å². The second-order valence-corrected chi connectivity index (χ2v) is 11.6. The van der Waals surface area contributed by atoms with Crippen LogP contribution in [0.25, 0.3) is 0 Å². The van der Waals surface area contributed by atoms with Gasteiger partial charge < -0.3 is 24.4 Å². The minimum atomic E-state index is -1.23. The van der Waals surface area contributed by atoms with Crippen LogP contribution in [0.2, 0.25) is 0 Å². The van der Waals surface area contributed by atoms with Gasteiger partial charge in [0.25, 0.3) is 5.91 Å². The van der Waals surface area contributed by atoms with Gasteiger partial charge >= 0.3 is 5.97 Å². The molecule has 1 aromatic rings. The van der Waals surface area contributed by atoms with Gasteiger partial charge in [0.15, 0.2) is 0 Å². The van der Waals surface area contributed by atoms with Gasteiger partial charge in [-0.3, -0.25) is 14.4 Å². The lowest BCUT2D eigenvalue weighted by Crippen LogP contribution is -2.59. The lowest BCUT2D eigenvalue weighted by atomic mass is 9.70. The molecule has 38 heavy (non-hydrogen) atoms. The third kappa shape index (κ3) is 4.42. The average Bonchev–Trinajstić information content (AvgIpc) is 3.47. The Balaban J connectivity index is 1.83. The molecule has 1 N–H and O–H groups in total. The van der Waals surface area contributed by atoms with E-state index in [0.29, 0.717) is 19.3 Å². The molecule has 7 atom stereocenters. The molecule has 8 nitrogen and oxygen atoms in total. The summed E-state index contributed by atoms with van der Waals surface area (Å²) in [5.41, 5.74) is 1.36. The minimum Gasteiger partial charge on any atom is -0.465 e. The molecule has 2 amide bonds. The van der Waals surface area contributed by atoms with Gasteiger partial charge in [-0.25, -0.2) is 0 Å². The van der Waals surface area contributed by atoms with Gasteiger partial charge in [-0.1, -0.05) is 53.2 Å². The Bertz CT molecular complexity index is 1100. The van der Waals surface area contributed by atoms with Gasteiger partial charge in [-0.05, 0) is 44.2 Å². The van der Waals surface area contributed by atoms with E-state index in [4.69, 9.17) is 9.47 Å². The number of aliphatic hydroxyl groups excluding tert-OH is 1. The van der Waals surface area contributed by atoms with E-state index in [9.17, 15) is 19.5 Å². The van der Waals surface area contributed by atoms with Gasteiger partial charge in [0, 0.05) is 17.1 Å². The Kier molecular flexibility index (Phi) is 8.49. The van der Waals surface area contributed by atoms with Crippen LogP contribution in [0.5, 0.6) is 0 Å². The first-order valence-electron chi connectivity index (χ1n) is 13.2. The lowest BCUT2D eigenvalue weighted by molar-refractivity contribution is -0.155. The number of ether oxygens (including phenoxy) is 2. The van der Waals surface area contributed by atoms with Crippen molar-refractivity contribution < 1.29 is 29.0 Å². The zero-order chi connectivity index (χ0) is 27.8. The van der Waals surface area contributed by atoms with Crippen molar-refractivity contribution in [3.63, 3.8) is 0 Å². The summed E-state index contributed by atoms with van der Waals surface area (Å²) in [7, 11) is 0. The number of anilines is 1. The number of amides is 2. The fourth-order valence-electron chi connectivity index (χ4n) is 6.56. The third-order valence-corrected chi connectivity index (χ3v) is 9.01. The highest BCUT2D eigenvalue weighted by Crippen LogP contribution is 2.61. The fourth-order valence-corrected chi connectivity index (χ4v) is 7.50. The van der Waals surface area contributed by atoms with Crippen LogP contribution in [-0.2, 0) is 23.9 Å². The number of likely N-dealkylation sites (tertiary alicyclic amines) is 1. The average molecular weight is 590 g/mol. The maximum atomic E-state index is 14.6. The van der Waals surface area contributed by atoms with Crippen LogP contribution < -0.4 is 4.90 Å². The number of benzene rings is 1. The number of aliphatic hydroxyl groups is 1. The first-order chi connectivity index (χ1) is 18.2. The monoisotopic (exact) mass is 588 g/mol. The molecule has 3 aliphatic heterocycles. The first kappa shape index (κ1) is 28.5. The Labute approximate surface area is 232 Å². The summed E-state index contributed by atoms with van der Waals surface area (Å²) in [6, 6.07) is 4.19. The molecule has 3 unspecified atom stereocenters. The molecule has 206 valence electrons. The maximum Gasteiger partial charge on any atom is 0.312 e. The number of alkyl halides is 1. The fraction of sp³-hybridized carbons (Fsp3) is 0.552. The number of carbonyl (C=O) groups is 3. The van der Waals surface area contributed by atoms with Gasteiger partial charge in [-0.15, -0.1) is 13.2 Å². The number of aryl methyl sites for hydroxylation is 2. The van der Waals surface area contributed by atoms with E-state index < -0.39 is 41.6 Å². The molecule has 1 aromatic carbocycles. The number of carbonyl (C=O) groups excluding carboxylic acids is 3. The van der Waals surface area contributed by atoms with Crippen molar-refractivity contribution in [1.82, 2.24) is 4.90 Å². The molecular weight excluding hydrogens is 552 g/mol. The van der Waals surface area contributed by atoms with E-state index in [0.717, 1.165) is 16.8 Å². The van der Waals surface area contributed by atoms with Gasteiger partial charge in [0.1, 0.15) is 11.6 Å². The molecule has 0 saturated carbocycles. The van der Waals surface area contributed by atoms with Crippen molar-refractivity contribution in [2.24, 2.45) is 11.8 Å². The quantitative estimate of drug-likeness (QED) is 0.184. The smallest absolute Gasteiger partial charge is 0.312 e. The van der Waals surface area contributed by atoms with E-state index in [1.54, 1.807) is 17.1 Å². The summed E-state index contributed by atoms with van der Waals surface area (Å²) in [6.07, 6.45) is 4.03. The van der Waals surface area contributed by atoms with Crippen molar-refractivity contribution in [3.8, 4) is 0 Å². The Hall–Kier alpha value is -2.49. The van der Waals surface area contributed by atoms with E-state index in [1.807, 2.05) is 39.0 Å². The second kappa shape index (κ2) is 11.3. The zero-order valence-corrected chi connectivity index (χ0v) is 23.9. The molecule has 3 fully saturated rings. The van der Waals surface area contributed by atoms with E-state index in [2.05, 4.69) is 29.1 Å². The van der Waals surface area contributed by atoms with Gasteiger partial charge in [0.2, 0.25) is 5.91 Å². The zero-order valence-electron chi connectivity index (χ0n) is 22.3. The molecule has 4 rings (SSSR count). The SMILES string of the molecule is C=CCCOC(=O)[C@H]1[C@H]2C(=O)N([C@@H](CC)CO)C(C(=O)N(CC=C)c3c(C)cccc3C)C23CC(Br)[C@@H]1O3. The summed E-state index contributed by atoms with van der Waals surface area (Å²) in [5, 5.41) is 10.3. The molecule has 3 saturated heterocycles. The third-order valence-electron chi connectivity index (χ3n) is 8.16. The molecule has 2 bridgehead atoms. The molecule has 0 radical (unpaired) electrons. The normalized spacial score (nSPS) is 30.2. The van der Waals surface area contributed by atoms with Crippen LogP contribution in [-0.4, -0.2) is 76.2 Å². The molecule has 9 heteroatoms. The Morgan fingerprint density at radius 1 is 1.32 bits per heavy atom. The maximum absolute atomic E-state index is 14.6. The number of para-hydroxylation sites is 1. The molecule has 0 aromatic heterocycles. The van der Waals surface area contributed by atoms with Crippen LogP contribution in [0.15, 0.2) is 43.5 Å². The summed E-state index contributed by atoms with van der Waals surface area (Å²) < 4.78 is 12.1. The van der Waals surface area contributed by atoms with Crippen molar-refractivity contribution in [2.75, 3.05) is 24.7 Å². The Morgan fingerprint density at radius 3 is 2.58 bits per heavy atom. The van der Waals surface area contributed by atoms with Gasteiger partial charge in [0.05, 0.1) is 37.2 Å². The van der Waals surface area contributed by atoms with Crippen molar-refractivity contribution in [1.29, 1.82) is 0 Å². The van der Waals surface area contributed by atoms with E-state index >= 15 is 0 Å². The Morgan fingerprint density at radius 2 is 2.00 bits per heavy atom. The minimum absolute atomic E-state index is 0.159. The van der Waals surface area contributed by atoms with Crippen molar-refractivity contribution >= 4 is 39.4 Å². The van der Waals surface area contributed by atoms with Crippen molar-refractivity contribution in [2.45, 2.75) is 68.6 Å². The summed E-state index contributed by atoms with van der Waals surface area (Å²) in [4.78, 5) is 45.0. The lowest BCUT2D eigenvalue weighted by Gasteiger charge is -2.39. The molecular formula is C29H37BrN2O6. The molecule has 3 aliphatic rings. The van der Waals surface area contributed by atoms with Crippen LogP contribution >= 0.6 is 15.9 Å². The molecule has 1 spiro atoms. The predicted octanol–water partition coefficient (Wildman–Crippen LogP) is 3.46. The van der Waals surface area contributed by atoms with Crippen LogP contribution in [0.3, 0.4) is 0 Å². The highest BCUT2D eigenvalue weighted by Gasteiger charge is 2.77. The van der Waals surface area contributed by atoms with Crippen molar-refractivity contribution in [3.05, 3.63) is 54.6 Å². The van der Waals surface area contributed by atoms with E-state index in [1.165, 1.54) is 4.90 Å². The number of fused-ring (bicyclic) bond motifs is 1. The summed E-state index contributed by atoms with van der Waals surface area (Å²) in [6.45, 7) is 13.3. The van der Waals surface area contributed by atoms with Crippen LogP contribution in [0, 0.1) is 25.7 Å². The predicted molar refractivity (Wildman–Crippen MR) is 148 cm³/mol. The largest absolute Gasteiger partial charge is 0.465 e. The molecule has 0 aliphatic carbocycles. The number of halogens is 1. The highest BCUT2D eigenvalue weighted by molar-refractivity contribution is 9.09. The number of esters is 1. The number of hydrogen-bond donors (Lipinski definition) is 1. The van der Waals surface area contributed by atoms with Crippen LogP contribution in [0.4, 0.5) is 5.69 Å². The number of hydrogen-bond acceptors (Lipinski definition) is 6. The molecule has 3 heterocycles. The first-order valence-corrected chi connectivity index (χ1v) is 14.1. The number of rotatable bonds is 11. The second-order valence-electron chi connectivity index (χ2n) is 10.4. The summed E-state index contributed by atoms with van der Waals surface area (Å²) >= 11 is 3.67. The van der Waals surface area contributed by atoms with Crippen LogP contribution in [0.1, 0.15) is 37.3 Å².